The molecular weight excluding hydrogens is 386 g/mol. The van der Waals surface area contributed by atoms with Crippen LogP contribution < -0.4 is 5.56 Å². The van der Waals surface area contributed by atoms with Gasteiger partial charge in [-0.2, -0.15) is 9.78 Å². The van der Waals surface area contributed by atoms with Crippen molar-refractivity contribution in [2.75, 3.05) is 0 Å². The van der Waals surface area contributed by atoms with Crippen LogP contribution in [0.25, 0.3) is 16.5 Å². The molecule has 0 saturated heterocycles. The molecule has 0 bridgehead atoms. The van der Waals surface area contributed by atoms with Crippen molar-refractivity contribution in [3.63, 3.8) is 0 Å². The summed E-state index contributed by atoms with van der Waals surface area (Å²) in [6.07, 6.45) is 0.814. The van der Waals surface area contributed by atoms with Crippen LogP contribution in [0.5, 0.6) is 0 Å². The van der Waals surface area contributed by atoms with Gasteiger partial charge in [0, 0.05) is 18.0 Å². The summed E-state index contributed by atoms with van der Waals surface area (Å²) >= 11 is 0. The van der Waals surface area contributed by atoms with Gasteiger partial charge in [0.25, 0.3) is 11.5 Å². The summed E-state index contributed by atoms with van der Waals surface area (Å²) in [7, 11) is 0. The van der Waals surface area contributed by atoms with Gasteiger partial charge in [-0.15, -0.1) is 0 Å². The highest BCUT2D eigenvalue weighted by Crippen LogP contribution is 2.20. The normalized spacial score (nSPS) is 11.9. The number of fused-ring (bicyclic) bond motifs is 1. The molecule has 1 atom stereocenters. The zero-order chi connectivity index (χ0) is 21.8. The van der Waals surface area contributed by atoms with E-state index in [1.807, 2.05) is 84.6 Å². The quantitative estimate of drug-likeness (QED) is 0.457. The van der Waals surface area contributed by atoms with Crippen molar-refractivity contribution < 1.29 is 4.79 Å². The number of nitrogens with zero attached hydrogens (tertiary/aromatic N) is 3. The highest BCUT2D eigenvalue weighted by molar-refractivity contribution is 6.05. The third-order valence-electron chi connectivity index (χ3n) is 5.59. The molecule has 1 aromatic heterocycles. The van der Waals surface area contributed by atoms with Crippen LogP contribution in [0.4, 0.5) is 0 Å². The van der Waals surface area contributed by atoms with E-state index in [0.717, 1.165) is 12.0 Å². The lowest BCUT2D eigenvalue weighted by atomic mass is 10.1. The molecule has 5 heteroatoms. The first-order valence-corrected chi connectivity index (χ1v) is 10.5. The maximum atomic E-state index is 13.8. The SMILES string of the molecule is CCC(C)N(Cc1ccccc1)C(=O)c1nn(-c2ccccc2)c(=O)c2ccccc12. The summed E-state index contributed by atoms with van der Waals surface area (Å²) in [5, 5.41) is 5.62. The van der Waals surface area contributed by atoms with Crippen LogP contribution in [-0.2, 0) is 6.54 Å². The summed E-state index contributed by atoms with van der Waals surface area (Å²) in [4.78, 5) is 28.8. The Bertz CT molecular complexity index is 1250. The first kappa shape index (κ1) is 20.5. The van der Waals surface area contributed by atoms with Crippen LogP contribution >= 0.6 is 0 Å². The molecule has 0 aliphatic rings. The maximum Gasteiger partial charge on any atom is 0.279 e. The van der Waals surface area contributed by atoms with Crippen LogP contribution in [-0.4, -0.2) is 26.6 Å². The molecule has 31 heavy (non-hydrogen) atoms. The molecule has 0 N–H and O–H groups in total. The molecule has 5 nitrogen and oxygen atoms in total. The fraction of sp³-hybridized carbons (Fsp3) is 0.192. The molecule has 0 spiro atoms. The molecule has 0 aliphatic heterocycles. The fourth-order valence-electron chi connectivity index (χ4n) is 3.66. The minimum absolute atomic E-state index is 0.0189. The van der Waals surface area contributed by atoms with Crippen LogP contribution in [0, 0.1) is 0 Å². The Kier molecular flexibility index (Phi) is 5.94. The first-order valence-electron chi connectivity index (χ1n) is 10.5. The van der Waals surface area contributed by atoms with E-state index in [9.17, 15) is 9.59 Å². The number of hydrogen-bond donors (Lipinski definition) is 0. The van der Waals surface area contributed by atoms with E-state index in [4.69, 9.17) is 0 Å². The van der Waals surface area contributed by atoms with Crippen LogP contribution in [0.1, 0.15) is 36.3 Å². The molecule has 1 amide bonds. The summed E-state index contributed by atoms with van der Waals surface area (Å²) in [5.74, 6) is -0.181. The predicted molar refractivity (Wildman–Crippen MR) is 123 cm³/mol. The third kappa shape index (κ3) is 4.12. The Hall–Kier alpha value is -3.73. The third-order valence-corrected chi connectivity index (χ3v) is 5.59. The first-order chi connectivity index (χ1) is 15.1. The largest absolute Gasteiger partial charge is 0.330 e. The van der Waals surface area contributed by atoms with E-state index in [2.05, 4.69) is 12.0 Å². The summed E-state index contributed by atoms with van der Waals surface area (Å²) in [5.41, 5.74) is 1.73. The van der Waals surface area contributed by atoms with Crippen molar-refractivity contribution in [1.29, 1.82) is 0 Å². The highest BCUT2D eigenvalue weighted by Gasteiger charge is 2.25. The van der Waals surface area contributed by atoms with E-state index in [0.29, 0.717) is 23.0 Å². The van der Waals surface area contributed by atoms with E-state index in [1.165, 1.54) is 4.68 Å². The van der Waals surface area contributed by atoms with Gasteiger partial charge < -0.3 is 4.90 Å². The average molecular weight is 412 g/mol. The monoisotopic (exact) mass is 411 g/mol. The van der Waals surface area contributed by atoms with Crippen molar-refractivity contribution in [1.82, 2.24) is 14.7 Å². The second kappa shape index (κ2) is 8.96. The summed E-state index contributed by atoms with van der Waals surface area (Å²) < 4.78 is 1.33. The number of para-hydroxylation sites is 1. The van der Waals surface area contributed by atoms with Crippen molar-refractivity contribution in [2.24, 2.45) is 0 Å². The van der Waals surface area contributed by atoms with Crippen molar-refractivity contribution in [2.45, 2.75) is 32.9 Å². The van der Waals surface area contributed by atoms with Gasteiger partial charge in [0.05, 0.1) is 11.1 Å². The van der Waals surface area contributed by atoms with Gasteiger partial charge in [0.1, 0.15) is 0 Å². The van der Waals surface area contributed by atoms with E-state index in [-0.39, 0.29) is 23.2 Å². The number of amides is 1. The molecule has 156 valence electrons. The zero-order valence-electron chi connectivity index (χ0n) is 17.7. The lowest BCUT2D eigenvalue weighted by molar-refractivity contribution is 0.0666. The van der Waals surface area contributed by atoms with Gasteiger partial charge in [0.15, 0.2) is 5.69 Å². The second-order valence-corrected chi connectivity index (χ2v) is 7.62. The second-order valence-electron chi connectivity index (χ2n) is 7.62. The molecule has 0 aliphatic carbocycles. The molecule has 0 saturated carbocycles. The summed E-state index contributed by atoms with van der Waals surface area (Å²) in [6, 6.07) is 26.3. The molecule has 0 fully saturated rings. The molecule has 3 aromatic carbocycles. The van der Waals surface area contributed by atoms with E-state index in [1.54, 1.807) is 12.1 Å². The topological polar surface area (TPSA) is 55.2 Å². The number of benzene rings is 3. The molecule has 0 radical (unpaired) electrons. The van der Waals surface area contributed by atoms with Crippen molar-refractivity contribution >= 4 is 16.7 Å². The molecule has 4 rings (SSSR count). The lowest BCUT2D eigenvalue weighted by Gasteiger charge is -2.29. The lowest BCUT2D eigenvalue weighted by Crippen LogP contribution is -2.39. The number of carbonyl (C=O) groups is 1. The van der Waals surface area contributed by atoms with Crippen LogP contribution in [0.3, 0.4) is 0 Å². The predicted octanol–water partition coefficient (Wildman–Crippen LogP) is 4.83. The molecule has 1 unspecified atom stereocenters. The zero-order valence-corrected chi connectivity index (χ0v) is 17.7. The smallest absolute Gasteiger partial charge is 0.279 e. The molecule has 1 heterocycles. The summed E-state index contributed by atoms with van der Waals surface area (Å²) in [6.45, 7) is 4.58. The van der Waals surface area contributed by atoms with Gasteiger partial charge in [-0.25, -0.2) is 0 Å². The number of hydrogen-bond acceptors (Lipinski definition) is 3. The van der Waals surface area contributed by atoms with Gasteiger partial charge in [-0.1, -0.05) is 73.7 Å². The Labute approximate surface area is 181 Å². The Morgan fingerprint density at radius 1 is 0.903 bits per heavy atom. The van der Waals surface area contributed by atoms with Crippen LogP contribution in [0.2, 0.25) is 0 Å². The molecular formula is C26H25N3O2. The standard InChI is InChI=1S/C26H25N3O2/c1-3-19(2)28(18-20-12-6-4-7-13-20)26(31)24-22-16-10-11-17-23(22)25(30)29(27-24)21-14-8-5-9-15-21/h4-17,19H,3,18H2,1-2H3. The van der Waals surface area contributed by atoms with Gasteiger partial charge in [0.2, 0.25) is 0 Å². The Morgan fingerprint density at radius 3 is 2.13 bits per heavy atom. The highest BCUT2D eigenvalue weighted by atomic mass is 16.2. The number of aromatic nitrogens is 2. The average Bonchev–Trinajstić information content (AvgIpc) is 2.83. The fourth-order valence-corrected chi connectivity index (χ4v) is 3.66. The Balaban J connectivity index is 1.87. The number of rotatable bonds is 6. The Morgan fingerprint density at radius 2 is 1.48 bits per heavy atom. The van der Waals surface area contributed by atoms with Gasteiger partial charge in [-0.05, 0) is 37.1 Å². The van der Waals surface area contributed by atoms with Crippen molar-refractivity contribution in [3.8, 4) is 5.69 Å². The van der Waals surface area contributed by atoms with Gasteiger partial charge in [-0.3, -0.25) is 9.59 Å². The van der Waals surface area contributed by atoms with Crippen LogP contribution in [0.15, 0.2) is 89.7 Å². The minimum Gasteiger partial charge on any atom is -0.330 e. The van der Waals surface area contributed by atoms with E-state index >= 15 is 0 Å². The molecule has 4 aromatic rings. The minimum atomic E-state index is -0.239. The number of carbonyl (C=O) groups excluding carboxylic acids is 1. The van der Waals surface area contributed by atoms with Gasteiger partial charge >= 0.3 is 0 Å². The van der Waals surface area contributed by atoms with Crippen molar-refractivity contribution in [3.05, 3.63) is 107 Å². The van der Waals surface area contributed by atoms with E-state index < -0.39 is 0 Å². The maximum absolute atomic E-state index is 13.8.